The van der Waals surface area contributed by atoms with Crippen LogP contribution in [0, 0.1) is 5.41 Å². The summed E-state index contributed by atoms with van der Waals surface area (Å²) in [7, 11) is 1.62. The standard InChI is InChI=1S/C28H33F6NO/c1-17(2)19-6-7-25(36-5)24(12-19)23-8-9-26(3,4)14-20(23)16-35-15-18-10-21(27(29,30)31)13-22(11-18)28(32,33)34/h6-7,10-13,17,35H,8-9,14-16H2,1-5H3. The lowest BCUT2D eigenvalue weighted by atomic mass is 9.72. The Morgan fingerprint density at radius 2 is 1.53 bits per heavy atom. The summed E-state index contributed by atoms with van der Waals surface area (Å²) in [6.45, 7) is 8.77. The minimum absolute atomic E-state index is 0.0308. The minimum Gasteiger partial charge on any atom is -0.496 e. The minimum atomic E-state index is -4.86. The van der Waals surface area contributed by atoms with Crippen LogP contribution in [-0.4, -0.2) is 13.7 Å². The molecule has 0 atom stereocenters. The van der Waals surface area contributed by atoms with Crippen LogP contribution in [-0.2, 0) is 18.9 Å². The van der Waals surface area contributed by atoms with Gasteiger partial charge in [0.05, 0.1) is 18.2 Å². The number of halogens is 6. The topological polar surface area (TPSA) is 21.3 Å². The van der Waals surface area contributed by atoms with E-state index in [4.69, 9.17) is 4.74 Å². The first-order valence-corrected chi connectivity index (χ1v) is 12.0. The lowest BCUT2D eigenvalue weighted by Gasteiger charge is -2.34. The van der Waals surface area contributed by atoms with Gasteiger partial charge in [-0.3, -0.25) is 0 Å². The average molecular weight is 514 g/mol. The molecule has 36 heavy (non-hydrogen) atoms. The molecule has 3 rings (SSSR count). The molecule has 0 bridgehead atoms. The smallest absolute Gasteiger partial charge is 0.416 e. The fraction of sp³-hybridized carbons (Fsp3) is 0.500. The van der Waals surface area contributed by atoms with Crippen molar-refractivity contribution in [1.82, 2.24) is 5.32 Å². The molecule has 1 aliphatic carbocycles. The molecule has 0 aliphatic heterocycles. The Balaban J connectivity index is 1.93. The molecule has 0 unspecified atom stereocenters. The maximum atomic E-state index is 13.2. The second-order valence-corrected chi connectivity index (χ2v) is 10.6. The molecule has 8 heteroatoms. The molecule has 2 aromatic rings. The Hall–Kier alpha value is -2.48. The summed E-state index contributed by atoms with van der Waals surface area (Å²) in [4.78, 5) is 0. The number of methoxy groups -OCH3 is 1. The molecule has 0 spiro atoms. The maximum absolute atomic E-state index is 13.2. The Bertz CT molecular complexity index is 1080. The molecule has 0 heterocycles. The van der Waals surface area contributed by atoms with Crippen molar-refractivity contribution < 1.29 is 31.1 Å². The highest BCUT2D eigenvalue weighted by atomic mass is 19.4. The monoisotopic (exact) mass is 513 g/mol. The van der Waals surface area contributed by atoms with E-state index in [1.54, 1.807) is 7.11 Å². The second kappa shape index (κ2) is 10.5. The number of ether oxygens (including phenoxy) is 1. The molecule has 0 amide bonds. The van der Waals surface area contributed by atoms with Crippen molar-refractivity contribution in [2.45, 2.75) is 71.8 Å². The van der Waals surface area contributed by atoms with E-state index in [0.717, 1.165) is 53.9 Å². The first kappa shape index (κ1) is 28.1. The number of hydrogen-bond acceptors (Lipinski definition) is 2. The summed E-state index contributed by atoms with van der Waals surface area (Å²) >= 11 is 0. The van der Waals surface area contributed by atoms with Gasteiger partial charge in [0.1, 0.15) is 5.75 Å². The number of rotatable bonds is 7. The lowest BCUT2D eigenvalue weighted by Crippen LogP contribution is -2.25. The molecule has 2 nitrogen and oxygen atoms in total. The third-order valence-electron chi connectivity index (χ3n) is 6.70. The number of benzene rings is 2. The third-order valence-corrected chi connectivity index (χ3v) is 6.70. The number of hydrogen-bond donors (Lipinski definition) is 1. The summed E-state index contributed by atoms with van der Waals surface area (Å²) < 4.78 is 85.0. The fourth-order valence-corrected chi connectivity index (χ4v) is 4.71. The van der Waals surface area contributed by atoms with Crippen LogP contribution in [0.4, 0.5) is 26.3 Å². The highest BCUT2D eigenvalue weighted by molar-refractivity contribution is 5.75. The normalized spacial score (nSPS) is 16.6. The first-order chi connectivity index (χ1) is 16.6. The van der Waals surface area contributed by atoms with Gasteiger partial charge in [-0.15, -0.1) is 0 Å². The summed E-state index contributed by atoms with van der Waals surface area (Å²) in [6, 6.07) is 7.81. The highest BCUT2D eigenvalue weighted by Gasteiger charge is 2.37. The van der Waals surface area contributed by atoms with Crippen molar-refractivity contribution >= 4 is 5.57 Å². The first-order valence-electron chi connectivity index (χ1n) is 12.0. The van der Waals surface area contributed by atoms with E-state index >= 15 is 0 Å². The number of alkyl halides is 6. The van der Waals surface area contributed by atoms with Crippen LogP contribution in [0.3, 0.4) is 0 Å². The van der Waals surface area contributed by atoms with Crippen molar-refractivity contribution in [2.75, 3.05) is 13.7 Å². The third kappa shape index (κ3) is 6.84. The summed E-state index contributed by atoms with van der Waals surface area (Å²) in [5, 5.41) is 3.11. The molecule has 198 valence electrons. The van der Waals surface area contributed by atoms with Crippen LogP contribution < -0.4 is 10.1 Å². The fourth-order valence-electron chi connectivity index (χ4n) is 4.71. The molecule has 1 N–H and O–H groups in total. The van der Waals surface area contributed by atoms with Gasteiger partial charge in [-0.2, -0.15) is 26.3 Å². The quantitative estimate of drug-likeness (QED) is 0.374. The van der Waals surface area contributed by atoms with E-state index in [9.17, 15) is 26.3 Å². The number of allylic oxidation sites excluding steroid dienone is 1. The van der Waals surface area contributed by atoms with E-state index in [1.165, 1.54) is 5.56 Å². The molecular formula is C28H33F6NO. The Labute approximate surface area is 208 Å². The van der Waals surface area contributed by atoms with E-state index < -0.39 is 23.5 Å². The Morgan fingerprint density at radius 3 is 2.06 bits per heavy atom. The Morgan fingerprint density at radius 1 is 0.917 bits per heavy atom. The zero-order valence-corrected chi connectivity index (χ0v) is 21.3. The zero-order valence-electron chi connectivity index (χ0n) is 21.3. The van der Waals surface area contributed by atoms with Crippen LogP contribution in [0.25, 0.3) is 5.57 Å². The predicted octanol–water partition coefficient (Wildman–Crippen LogP) is 8.61. The van der Waals surface area contributed by atoms with Crippen molar-refractivity contribution in [3.63, 3.8) is 0 Å². The van der Waals surface area contributed by atoms with Gasteiger partial charge < -0.3 is 10.1 Å². The summed E-state index contributed by atoms with van der Waals surface area (Å²) in [6.07, 6.45) is -7.19. The van der Waals surface area contributed by atoms with Gasteiger partial charge >= 0.3 is 12.4 Å². The predicted molar refractivity (Wildman–Crippen MR) is 130 cm³/mol. The van der Waals surface area contributed by atoms with E-state index in [2.05, 4.69) is 39.1 Å². The van der Waals surface area contributed by atoms with E-state index in [0.29, 0.717) is 12.5 Å². The molecule has 0 fully saturated rings. The van der Waals surface area contributed by atoms with E-state index in [1.807, 2.05) is 12.1 Å². The SMILES string of the molecule is COc1ccc(C(C)C)cc1C1=C(CNCc2cc(C(F)(F)F)cc(C(F)(F)F)c2)CC(C)(C)CC1. The van der Waals surface area contributed by atoms with Crippen molar-refractivity contribution in [3.8, 4) is 5.75 Å². The molecule has 0 aromatic heterocycles. The van der Waals surface area contributed by atoms with Gasteiger partial charge in [-0.25, -0.2) is 0 Å². The number of nitrogens with one attached hydrogen (secondary N) is 1. The van der Waals surface area contributed by atoms with Crippen LogP contribution in [0.5, 0.6) is 5.75 Å². The second-order valence-electron chi connectivity index (χ2n) is 10.6. The van der Waals surface area contributed by atoms with Crippen molar-refractivity contribution in [2.24, 2.45) is 5.41 Å². The summed E-state index contributed by atoms with van der Waals surface area (Å²) in [5.41, 5.74) is 1.74. The van der Waals surface area contributed by atoms with Crippen molar-refractivity contribution in [3.05, 3.63) is 69.8 Å². The molecule has 0 saturated heterocycles. The van der Waals surface area contributed by atoms with Crippen LogP contribution >= 0.6 is 0 Å². The van der Waals surface area contributed by atoms with Crippen LogP contribution in [0.1, 0.15) is 80.7 Å². The molecule has 2 aromatic carbocycles. The summed E-state index contributed by atoms with van der Waals surface area (Å²) in [5.74, 6) is 1.07. The molecule has 1 aliphatic rings. The van der Waals surface area contributed by atoms with Crippen LogP contribution in [0.15, 0.2) is 42.0 Å². The lowest BCUT2D eigenvalue weighted by molar-refractivity contribution is -0.143. The van der Waals surface area contributed by atoms with Gasteiger partial charge in [-0.05, 0) is 77.6 Å². The van der Waals surface area contributed by atoms with Crippen LogP contribution in [0.2, 0.25) is 0 Å². The zero-order chi connectivity index (χ0) is 26.9. The van der Waals surface area contributed by atoms with Crippen molar-refractivity contribution in [1.29, 1.82) is 0 Å². The van der Waals surface area contributed by atoms with Gasteiger partial charge in [0.15, 0.2) is 0 Å². The van der Waals surface area contributed by atoms with Gasteiger partial charge in [0, 0.05) is 18.7 Å². The average Bonchev–Trinajstić information content (AvgIpc) is 2.77. The Kier molecular flexibility index (Phi) is 8.18. The van der Waals surface area contributed by atoms with Gasteiger partial charge in [0.25, 0.3) is 0 Å². The van der Waals surface area contributed by atoms with Gasteiger partial charge in [-0.1, -0.05) is 39.3 Å². The molecule has 0 radical (unpaired) electrons. The highest BCUT2D eigenvalue weighted by Crippen LogP contribution is 2.45. The molecular weight excluding hydrogens is 480 g/mol. The van der Waals surface area contributed by atoms with Gasteiger partial charge in [0.2, 0.25) is 0 Å². The largest absolute Gasteiger partial charge is 0.496 e. The molecule has 0 saturated carbocycles. The van der Waals surface area contributed by atoms with E-state index in [-0.39, 0.29) is 23.6 Å². The maximum Gasteiger partial charge on any atom is 0.416 e.